The number of nitrogens with zero attached hydrogens (tertiary/aromatic N) is 2. The van der Waals surface area contributed by atoms with Crippen molar-refractivity contribution in [3.8, 4) is 0 Å². The van der Waals surface area contributed by atoms with Crippen LogP contribution in [-0.4, -0.2) is 57.4 Å². The highest BCUT2D eigenvalue weighted by Crippen LogP contribution is 2.42. The van der Waals surface area contributed by atoms with E-state index in [1.54, 1.807) is 32.0 Å². The van der Waals surface area contributed by atoms with Crippen LogP contribution in [0.3, 0.4) is 0 Å². The molecule has 32 heavy (non-hydrogen) atoms. The lowest BCUT2D eigenvalue weighted by atomic mass is 9.95. The van der Waals surface area contributed by atoms with Gasteiger partial charge in [-0.25, -0.2) is 16.8 Å². The monoisotopic (exact) mass is 492 g/mol. The molecule has 1 saturated heterocycles. The van der Waals surface area contributed by atoms with Crippen LogP contribution in [0.15, 0.2) is 40.3 Å². The Morgan fingerprint density at radius 1 is 1.28 bits per heavy atom. The fraction of sp³-hybridized carbons (Fsp3) is 0.550. The van der Waals surface area contributed by atoms with Crippen LogP contribution >= 0.6 is 0 Å². The van der Waals surface area contributed by atoms with E-state index in [4.69, 9.17) is 9.47 Å². The maximum atomic E-state index is 13.5. The summed E-state index contributed by atoms with van der Waals surface area (Å²) in [5.41, 5.74) is 1.02. The third-order valence-corrected chi connectivity index (χ3v) is 9.46. The van der Waals surface area contributed by atoms with Crippen molar-refractivity contribution in [3.05, 3.63) is 41.6 Å². The summed E-state index contributed by atoms with van der Waals surface area (Å²) in [6.45, 7) is 3.75. The van der Waals surface area contributed by atoms with Crippen LogP contribution in [0.5, 0.6) is 0 Å². The summed E-state index contributed by atoms with van der Waals surface area (Å²) < 4.78 is 87.8. The fourth-order valence-corrected chi connectivity index (χ4v) is 6.29. The van der Waals surface area contributed by atoms with E-state index in [9.17, 15) is 25.6 Å². The highest BCUT2D eigenvalue weighted by molar-refractivity contribution is 7.92. The smallest absolute Gasteiger partial charge is 0.342 e. The number of hydrogen-bond donors (Lipinski definition) is 0. The van der Waals surface area contributed by atoms with Gasteiger partial charge in [0.2, 0.25) is 0 Å². The predicted octanol–water partition coefficient (Wildman–Crippen LogP) is 2.92. The number of ether oxygens (including phenoxy) is 2. The average molecular weight is 493 g/mol. The topological polar surface area (TPSA) is 105 Å². The van der Waals surface area contributed by atoms with Crippen LogP contribution in [0.4, 0.5) is 8.78 Å². The Morgan fingerprint density at radius 3 is 2.62 bits per heavy atom. The van der Waals surface area contributed by atoms with Gasteiger partial charge in [0, 0.05) is 19.8 Å². The van der Waals surface area contributed by atoms with Gasteiger partial charge in [-0.2, -0.15) is 13.9 Å². The molecule has 1 fully saturated rings. The molecule has 178 valence electrons. The van der Waals surface area contributed by atoms with Gasteiger partial charge >= 0.3 is 5.76 Å². The van der Waals surface area contributed by atoms with E-state index in [1.807, 2.05) is 0 Å². The largest absolute Gasteiger partial charge is 0.383 e. The highest BCUT2D eigenvalue weighted by Gasteiger charge is 2.46. The van der Waals surface area contributed by atoms with Crippen molar-refractivity contribution < 1.29 is 35.1 Å². The zero-order valence-corrected chi connectivity index (χ0v) is 19.6. The normalized spacial score (nSPS) is 22.4. The second-order valence-corrected chi connectivity index (χ2v) is 12.3. The second kappa shape index (κ2) is 9.16. The SMILES string of the molecule is COCCn1nc(S(=O)(=O)C(F)F)cc1C1CC(C)(S(=O)(=O)c2cccc(C)c2)CCO1. The summed E-state index contributed by atoms with van der Waals surface area (Å²) in [5, 5.41) is 3.05. The Kier molecular flexibility index (Phi) is 7.08. The fourth-order valence-electron chi connectivity index (χ4n) is 3.72. The van der Waals surface area contributed by atoms with Crippen LogP contribution < -0.4 is 0 Å². The number of alkyl halides is 2. The van der Waals surface area contributed by atoms with Crippen LogP contribution in [0, 0.1) is 6.92 Å². The molecule has 2 atom stereocenters. The molecule has 1 aromatic carbocycles. The maximum absolute atomic E-state index is 13.5. The zero-order chi connectivity index (χ0) is 23.7. The summed E-state index contributed by atoms with van der Waals surface area (Å²) in [4.78, 5) is 0.189. The summed E-state index contributed by atoms with van der Waals surface area (Å²) in [6.07, 6.45) is -0.607. The van der Waals surface area contributed by atoms with Gasteiger partial charge in [0.15, 0.2) is 14.9 Å². The number of hydrogen-bond acceptors (Lipinski definition) is 7. The third kappa shape index (κ3) is 4.59. The first kappa shape index (κ1) is 24.7. The number of methoxy groups -OCH3 is 1. The molecule has 2 heterocycles. The molecule has 0 saturated carbocycles. The minimum absolute atomic E-state index is 0.0100. The van der Waals surface area contributed by atoms with E-state index in [0.29, 0.717) is 0 Å². The first-order valence-electron chi connectivity index (χ1n) is 9.94. The van der Waals surface area contributed by atoms with E-state index in [2.05, 4.69) is 5.10 Å². The van der Waals surface area contributed by atoms with Gasteiger partial charge in [-0.3, -0.25) is 4.68 Å². The van der Waals surface area contributed by atoms with Crippen molar-refractivity contribution in [1.29, 1.82) is 0 Å². The molecule has 12 heteroatoms. The number of benzene rings is 1. The molecule has 0 aliphatic carbocycles. The maximum Gasteiger partial charge on any atom is 0.342 e. The van der Waals surface area contributed by atoms with Crippen molar-refractivity contribution in [2.45, 2.75) is 59.8 Å². The molecular weight excluding hydrogens is 466 g/mol. The van der Waals surface area contributed by atoms with E-state index in [-0.39, 0.29) is 43.2 Å². The minimum Gasteiger partial charge on any atom is -0.383 e. The van der Waals surface area contributed by atoms with Crippen LogP contribution in [0.25, 0.3) is 0 Å². The number of rotatable bonds is 8. The van der Waals surface area contributed by atoms with Crippen molar-refractivity contribution in [2.75, 3.05) is 20.3 Å². The van der Waals surface area contributed by atoms with E-state index in [0.717, 1.165) is 11.6 Å². The van der Waals surface area contributed by atoms with Gasteiger partial charge in [-0.15, -0.1) is 0 Å². The van der Waals surface area contributed by atoms with E-state index in [1.165, 1.54) is 17.9 Å². The number of halogens is 2. The van der Waals surface area contributed by atoms with Gasteiger partial charge in [0.25, 0.3) is 9.84 Å². The molecular formula is C20H26F2N2O6S2. The highest BCUT2D eigenvalue weighted by atomic mass is 32.2. The standard InChI is InChI=1S/C20H26F2N2O6S2/c1-14-5-4-6-15(11-14)32(27,28)20(2)7-9-30-17(13-20)16-12-18(31(25,26)19(21)22)23-24(16)8-10-29-3/h4-6,11-12,17,19H,7-10,13H2,1-3H3. The lowest BCUT2D eigenvalue weighted by molar-refractivity contribution is -0.00538. The summed E-state index contributed by atoms with van der Waals surface area (Å²) in [5.74, 6) is -3.62. The molecule has 1 aliphatic rings. The Labute approximate surface area is 186 Å². The number of sulfone groups is 2. The molecule has 0 N–H and O–H groups in total. The molecule has 1 aliphatic heterocycles. The molecule has 2 aromatic rings. The zero-order valence-electron chi connectivity index (χ0n) is 18.0. The quantitative estimate of drug-likeness (QED) is 0.558. The molecule has 1 aromatic heterocycles. The predicted molar refractivity (Wildman–Crippen MR) is 112 cm³/mol. The van der Waals surface area contributed by atoms with Gasteiger partial charge in [0.05, 0.1) is 28.5 Å². The van der Waals surface area contributed by atoms with Crippen molar-refractivity contribution in [3.63, 3.8) is 0 Å². The Hall–Kier alpha value is -1.89. The minimum atomic E-state index is -4.93. The molecule has 0 amide bonds. The molecule has 3 rings (SSSR count). The van der Waals surface area contributed by atoms with Gasteiger partial charge in [-0.05, 0) is 44.4 Å². The van der Waals surface area contributed by atoms with E-state index >= 15 is 0 Å². The Bertz CT molecular complexity index is 1180. The van der Waals surface area contributed by atoms with Crippen molar-refractivity contribution in [1.82, 2.24) is 9.78 Å². The molecule has 2 unspecified atom stereocenters. The van der Waals surface area contributed by atoms with Crippen LogP contribution in [-0.2, 0) is 35.7 Å². The number of aryl methyl sites for hydroxylation is 1. The second-order valence-electron chi connectivity index (χ2n) is 8.01. The first-order chi connectivity index (χ1) is 14.9. The molecule has 8 nitrogen and oxygen atoms in total. The van der Waals surface area contributed by atoms with Gasteiger partial charge in [-0.1, -0.05) is 12.1 Å². The van der Waals surface area contributed by atoms with Gasteiger partial charge < -0.3 is 9.47 Å². The Morgan fingerprint density at radius 2 is 2.00 bits per heavy atom. The van der Waals surface area contributed by atoms with Gasteiger partial charge in [0.1, 0.15) is 6.10 Å². The third-order valence-electron chi connectivity index (χ3n) is 5.67. The summed E-state index contributed by atoms with van der Waals surface area (Å²) in [6, 6.07) is 7.64. The lowest BCUT2D eigenvalue weighted by Gasteiger charge is -2.37. The average Bonchev–Trinajstić information content (AvgIpc) is 3.17. The summed E-state index contributed by atoms with van der Waals surface area (Å²) >= 11 is 0. The van der Waals surface area contributed by atoms with Crippen molar-refractivity contribution in [2.24, 2.45) is 0 Å². The van der Waals surface area contributed by atoms with E-state index < -0.39 is 41.3 Å². The molecule has 0 radical (unpaired) electrons. The summed E-state index contributed by atoms with van der Waals surface area (Å²) in [7, 11) is -7.26. The van der Waals surface area contributed by atoms with Crippen LogP contribution in [0.1, 0.15) is 37.1 Å². The van der Waals surface area contributed by atoms with Crippen LogP contribution in [0.2, 0.25) is 0 Å². The molecule has 0 spiro atoms. The molecule has 0 bridgehead atoms. The first-order valence-corrected chi connectivity index (χ1v) is 13.0. The lowest BCUT2D eigenvalue weighted by Crippen LogP contribution is -2.42. The Balaban J connectivity index is 2.00. The van der Waals surface area contributed by atoms with Crippen molar-refractivity contribution >= 4 is 19.7 Å². The number of aromatic nitrogens is 2.